The Kier molecular flexibility index (Phi) is 6.62. The van der Waals surface area contributed by atoms with E-state index >= 15 is 0 Å². The Balaban J connectivity index is 2.76. The summed E-state index contributed by atoms with van der Waals surface area (Å²) >= 11 is 0. The third-order valence-corrected chi connectivity index (χ3v) is 3.17. The van der Waals surface area contributed by atoms with Crippen LogP contribution in [0.25, 0.3) is 0 Å². The molecule has 1 unspecified atom stereocenters. The van der Waals surface area contributed by atoms with Gasteiger partial charge in [-0.1, -0.05) is 44.2 Å². The zero-order valence-electron chi connectivity index (χ0n) is 11.6. The van der Waals surface area contributed by atoms with Crippen LogP contribution in [0.5, 0.6) is 0 Å². The highest BCUT2D eigenvalue weighted by Crippen LogP contribution is 2.19. The standard InChI is InChI=1S/C15H21N3O/c1-3-18(4-2)14(12-17-15(19)10-11-16)13-8-6-5-7-9-13/h5-9,14H,3-4,10,12H2,1-2H3,(H,17,19). The van der Waals surface area contributed by atoms with Crippen LogP contribution in [0.4, 0.5) is 0 Å². The Morgan fingerprint density at radius 2 is 1.95 bits per heavy atom. The number of hydrogen-bond acceptors (Lipinski definition) is 3. The van der Waals surface area contributed by atoms with Crippen molar-refractivity contribution in [2.75, 3.05) is 19.6 Å². The number of nitrogens with zero attached hydrogens (tertiary/aromatic N) is 2. The molecule has 0 aliphatic rings. The van der Waals surface area contributed by atoms with Gasteiger partial charge in [0.15, 0.2) is 0 Å². The molecule has 1 atom stereocenters. The van der Waals surface area contributed by atoms with Gasteiger partial charge in [0, 0.05) is 6.54 Å². The van der Waals surface area contributed by atoms with E-state index in [-0.39, 0.29) is 18.4 Å². The Hall–Kier alpha value is -1.86. The van der Waals surface area contributed by atoms with Crippen molar-refractivity contribution in [2.24, 2.45) is 0 Å². The fourth-order valence-corrected chi connectivity index (χ4v) is 2.14. The van der Waals surface area contributed by atoms with E-state index in [2.05, 4.69) is 36.2 Å². The SMILES string of the molecule is CCN(CC)C(CNC(=O)CC#N)c1ccccc1. The van der Waals surface area contributed by atoms with Gasteiger partial charge in [0.25, 0.3) is 0 Å². The molecule has 4 heteroatoms. The Morgan fingerprint density at radius 3 is 2.47 bits per heavy atom. The molecule has 0 radical (unpaired) electrons. The number of carbonyl (C=O) groups excluding carboxylic acids is 1. The minimum absolute atomic E-state index is 0.0836. The molecule has 102 valence electrons. The summed E-state index contributed by atoms with van der Waals surface area (Å²) in [6.07, 6.45) is -0.0836. The predicted molar refractivity (Wildman–Crippen MR) is 75.3 cm³/mol. The second-order valence-electron chi connectivity index (χ2n) is 4.29. The summed E-state index contributed by atoms with van der Waals surface area (Å²) in [5.41, 5.74) is 1.18. The van der Waals surface area contributed by atoms with Gasteiger partial charge in [0.2, 0.25) is 5.91 Å². The highest BCUT2D eigenvalue weighted by atomic mass is 16.1. The fraction of sp³-hybridized carbons (Fsp3) is 0.467. The summed E-state index contributed by atoms with van der Waals surface area (Å²) in [6, 6.07) is 12.1. The highest BCUT2D eigenvalue weighted by molar-refractivity contribution is 5.77. The number of nitrogens with one attached hydrogen (secondary N) is 1. The van der Waals surface area contributed by atoms with Crippen molar-refractivity contribution in [2.45, 2.75) is 26.3 Å². The maximum absolute atomic E-state index is 11.4. The summed E-state index contributed by atoms with van der Waals surface area (Å²) in [6.45, 7) is 6.59. The average molecular weight is 259 g/mol. The topological polar surface area (TPSA) is 56.1 Å². The first-order chi connectivity index (χ1) is 9.22. The summed E-state index contributed by atoms with van der Waals surface area (Å²) in [7, 11) is 0. The molecule has 0 saturated carbocycles. The van der Waals surface area contributed by atoms with Crippen molar-refractivity contribution in [3.8, 4) is 6.07 Å². The van der Waals surface area contributed by atoms with Crippen LogP contribution in [0.3, 0.4) is 0 Å². The second kappa shape index (κ2) is 8.28. The van der Waals surface area contributed by atoms with Gasteiger partial charge in [0.1, 0.15) is 6.42 Å². The Bertz CT molecular complexity index is 421. The molecule has 1 rings (SSSR count). The molecular formula is C15H21N3O. The first-order valence-electron chi connectivity index (χ1n) is 6.65. The molecule has 19 heavy (non-hydrogen) atoms. The molecule has 0 aromatic heterocycles. The fourth-order valence-electron chi connectivity index (χ4n) is 2.14. The van der Waals surface area contributed by atoms with E-state index in [1.54, 1.807) is 0 Å². The van der Waals surface area contributed by atoms with Crippen LogP contribution in [0.15, 0.2) is 30.3 Å². The van der Waals surface area contributed by atoms with Gasteiger partial charge in [-0.15, -0.1) is 0 Å². The van der Waals surface area contributed by atoms with Crippen molar-refractivity contribution in [3.63, 3.8) is 0 Å². The van der Waals surface area contributed by atoms with Crippen molar-refractivity contribution >= 4 is 5.91 Å². The van der Waals surface area contributed by atoms with Crippen molar-refractivity contribution in [1.29, 1.82) is 5.26 Å². The molecule has 4 nitrogen and oxygen atoms in total. The smallest absolute Gasteiger partial charge is 0.234 e. The molecule has 0 spiro atoms. The lowest BCUT2D eigenvalue weighted by Gasteiger charge is -2.30. The van der Waals surface area contributed by atoms with Crippen LogP contribution in [0, 0.1) is 11.3 Å². The lowest BCUT2D eigenvalue weighted by atomic mass is 10.1. The third kappa shape index (κ3) is 4.72. The molecule has 1 amide bonds. The minimum atomic E-state index is -0.212. The molecule has 0 heterocycles. The number of benzene rings is 1. The van der Waals surface area contributed by atoms with Gasteiger partial charge < -0.3 is 5.32 Å². The van der Waals surface area contributed by atoms with E-state index in [1.165, 1.54) is 5.56 Å². The molecular weight excluding hydrogens is 238 g/mol. The second-order valence-corrected chi connectivity index (χ2v) is 4.29. The Morgan fingerprint density at radius 1 is 1.32 bits per heavy atom. The van der Waals surface area contributed by atoms with Crippen LogP contribution in [-0.4, -0.2) is 30.4 Å². The average Bonchev–Trinajstić information content (AvgIpc) is 2.44. The molecule has 1 aromatic rings. The zero-order valence-corrected chi connectivity index (χ0v) is 11.6. The van der Waals surface area contributed by atoms with Gasteiger partial charge in [-0.25, -0.2) is 0 Å². The zero-order chi connectivity index (χ0) is 14.1. The maximum Gasteiger partial charge on any atom is 0.234 e. The summed E-state index contributed by atoms with van der Waals surface area (Å²) in [4.78, 5) is 13.7. The van der Waals surface area contributed by atoms with E-state index in [9.17, 15) is 4.79 Å². The quantitative estimate of drug-likeness (QED) is 0.816. The van der Waals surface area contributed by atoms with Gasteiger partial charge in [0.05, 0.1) is 12.1 Å². The van der Waals surface area contributed by atoms with Gasteiger partial charge >= 0.3 is 0 Å². The van der Waals surface area contributed by atoms with E-state index in [0.717, 1.165) is 13.1 Å². The van der Waals surface area contributed by atoms with E-state index in [4.69, 9.17) is 5.26 Å². The minimum Gasteiger partial charge on any atom is -0.353 e. The van der Waals surface area contributed by atoms with Gasteiger partial charge in [-0.2, -0.15) is 5.26 Å². The molecule has 0 aliphatic heterocycles. The molecule has 0 bridgehead atoms. The lowest BCUT2D eigenvalue weighted by molar-refractivity contribution is -0.120. The monoisotopic (exact) mass is 259 g/mol. The predicted octanol–water partition coefficient (Wildman–Crippen LogP) is 2.10. The normalized spacial score (nSPS) is 11.9. The molecule has 1 N–H and O–H groups in total. The number of carbonyl (C=O) groups is 1. The molecule has 0 aliphatic carbocycles. The van der Waals surface area contributed by atoms with Crippen molar-refractivity contribution in [1.82, 2.24) is 10.2 Å². The third-order valence-electron chi connectivity index (χ3n) is 3.17. The molecule has 1 aromatic carbocycles. The lowest BCUT2D eigenvalue weighted by Crippen LogP contribution is -2.37. The van der Waals surface area contributed by atoms with E-state index in [1.807, 2.05) is 24.3 Å². The van der Waals surface area contributed by atoms with Gasteiger partial charge in [-0.05, 0) is 18.7 Å². The Labute approximate surface area is 115 Å². The summed E-state index contributed by atoms with van der Waals surface area (Å²) in [5, 5.41) is 11.3. The first kappa shape index (κ1) is 15.2. The van der Waals surface area contributed by atoms with Gasteiger partial charge in [-0.3, -0.25) is 9.69 Å². The van der Waals surface area contributed by atoms with E-state index < -0.39 is 0 Å². The van der Waals surface area contributed by atoms with Crippen molar-refractivity contribution < 1.29 is 4.79 Å². The van der Waals surface area contributed by atoms with Crippen LogP contribution < -0.4 is 5.32 Å². The number of amides is 1. The van der Waals surface area contributed by atoms with Crippen molar-refractivity contribution in [3.05, 3.63) is 35.9 Å². The first-order valence-corrected chi connectivity index (χ1v) is 6.65. The number of rotatable bonds is 7. The molecule has 0 saturated heterocycles. The molecule has 0 fully saturated rings. The number of likely N-dealkylation sites (N-methyl/N-ethyl adjacent to an activating group) is 1. The maximum atomic E-state index is 11.4. The summed E-state index contributed by atoms with van der Waals surface area (Å²) < 4.78 is 0. The van der Waals surface area contributed by atoms with Crippen LogP contribution >= 0.6 is 0 Å². The van der Waals surface area contributed by atoms with Crippen LogP contribution in [0.1, 0.15) is 31.9 Å². The highest BCUT2D eigenvalue weighted by Gasteiger charge is 2.18. The van der Waals surface area contributed by atoms with E-state index in [0.29, 0.717) is 6.54 Å². The van der Waals surface area contributed by atoms with Crippen LogP contribution in [0.2, 0.25) is 0 Å². The summed E-state index contributed by atoms with van der Waals surface area (Å²) in [5.74, 6) is -0.212. The largest absolute Gasteiger partial charge is 0.353 e. The van der Waals surface area contributed by atoms with Crippen LogP contribution in [-0.2, 0) is 4.79 Å². The number of nitriles is 1. The number of hydrogen-bond donors (Lipinski definition) is 1.